The number of fused-ring (bicyclic) bond motifs is 9. The Morgan fingerprint density at radius 1 is 0.711 bits per heavy atom. The Morgan fingerprint density at radius 2 is 1.45 bits per heavy atom. The van der Waals surface area contributed by atoms with E-state index < -0.39 is 0 Å². The third-order valence-electron chi connectivity index (χ3n) is 7.88. The highest BCUT2D eigenvalue weighted by Gasteiger charge is 2.19. The second kappa shape index (κ2) is 7.91. The van der Waals surface area contributed by atoms with Gasteiger partial charge in [-0.2, -0.15) is 5.26 Å². The van der Waals surface area contributed by atoms with Crippen molar-refractivity contribution in [1.29, 1.82) is 5.26 Å². The first-order valence-corrected chi connectivity index (χ1v) is 13.0. The van der Waals surface area contributed by atoms with E-state index in [1.54, 1.807) is 6.20 Å². The smallest absolute Gasteiger partial charge is 0.101 e. The lowest BCUT2D eigenvalue weighted by Crippen LogP contribution is -2.11. The maximum absolute atomic E-state index is 9.67. The number of aryl methyl sites for hydroxylation is 1. The average Bonchev–Trinajstić information content (AvgIpc) is 3.32. The number of hydrogen-bond acceptors (Lipinski definition) is 2. The number of nitriles is 1. The summed E-state index contributed by atoms with van der Waals surface area (Å²) in [7, 11) is 0. The van der Waals surface area contributed by atoms with Crippen LogP contribution < -0.4 is 0 Å². The van der Waals surface area contributed by atoms with Crippen LogP contribution in [0.15, 0.2) is 91.1 Å². The minimum atomic E-state index is 0.103. The van der Waals surface area contributed by atoms with E-state index in [1.165, 1.54) is 38.4 Å². The summed E-state index contributed by atoms with van der Waals surface area (Å²) >= 11 is 0. The van der Waals surface area contributed by atoms with E-state index in [0.29, 0.717) is 5.56 Å². The third kappa shape index (κ3) is 3.24. The molecule has 3 nitrogen and oxygen atoms in total. The Bertz CT molecular complexity index is 2130. The zero-order valence-electron chi connectivity index (χ0n) is 22.0. The van der Waals surface area contributed by atoms with Gasteiger partial charge in [0.05, 0.1) is 27.6 Å². The van der Waals surface area contributed by atoms with Crippen LogP contribution in [-0.2, 0) is 5.41 Å². The largest absolute Gasteiger partial charge is 0.308 e. The summed E-state index contributed by atoms with van der Waals surface area (Å²) in [5.74, 6) is 0. The van der Waals surface area contributed by atoms with Crippen LogP contribution in [0.4, 0.5) is 0 Å². The topological polar surface area (TPSA) is 41.1 Å². The van der Waals surface area contributed by atoms with E-state index >= 15 is 0 Å². The molecule has 0 unspecified atom stereocenters. The first-order chi connectivity index (χ1) is 18.3. The molecule has 0 aliphatic rings. The second-order valence-electron chi connectivity index (χ2n) is 11.3. The lowest BCUT2D eigenvalue weighted by molar-refractivity contribution is 0.590. The molecule has 182 valence electrons. The third-order valence-corrected chi connectivity index (χ3v) is 7.88. The van der Waals surface area contributed by atoms with Crippen LogP contribution in [0.25, 0.3) is 60.1 Å². The van der Waals surface area contributed by atoms with Gasteiger partial charge in [0.25, 0.3) is 0 Å². The van der Waals surface area contributed by atoms with Gasteiger partial charge in [-0.15, -0.1) is 0 Å². The molecule has 3 heteroatoms. The predicted octanol–water partition coefficient (Wildman–Crippen LogP) is 9.09. The van der Waals surface area contributed by atoms with E-state index in [4.69, 9.17) is 4.98 Å². The van der Waals surface area contributed by atoms with Crippen molar-refractivity contribution < 1.29 is 0 Å². The quantitative estimate of drug-likeness (QED) is 0.170. The van der Waals surface area contributed by atoms with Gasteiger partial charge >= 0.3 is 0 Å². The number of nitrogens with zero attached hydrogens (tertiary/aromatic N) is 3. The zero-order valence-corrected chi connectivity index (χ0v) is 22.0. The summed E-state index contributed by atoms with van der Waals surface area (Å²) in [5.41, 5.74) is 10.0. The van der Waals surface area contributed by atoms with Crippen molar-refractivity contribution in [3.63, 3.8) is 0 Å². The number of hydrogen-bond donors (Lipinski definition) is 0. The summed E-state index contributed by atoms with van der Waals surface area (Å²) in [5, 5.41) is 15.3. The van der Waals surface area contributed by atoms with E-state index in [1.807, 2.05) is 6.07 Å². The first kappa shape index (κ1) is 22.5. The van der Waals surface area contributed by atoms with Crippen LogP contribution in [0.3, 0.4) is 0 Å². The molecule has 0 saturated carbocycles. The Kier molecular flexibility index (Phi) is 4.68. The van der Waals surface area contributed by atoms with E-state index in [9.17, 15) is 5.26 Å². The molecule has 0 aliphatic carbocycles. The van der Waals surface area contributed by atoms with Crippen molar-refractivity contribution in [2.45, 2.75) is 33.1 Å². The van der Waals surface area contributed by atoms with Crippen molar-refractivity contribution in [1.82, 2.24) is 9.38 Å². The van der Waals surface area contributed by atoms with Gasteiger partial charge in [0.15, 0.2) is 0 Å². The van der Waals surface area contributed by atoms with Crippen LogP contribution in [-0.4, -0.2) is 9.38 Å². The normalized spacial score (nSPS) is 12.2. The Morgan fingerprint density at radius 3 is 2.18 bits per heavy atom. The molecule has 3 heterocycles. The minimum Gasteiger partial charge on any atom is -0.308 e. The van der Waals surface area contributed by atoms with Gasteiger partial charge in [0, 0.05) is 22.4 Å². The number of rotatable bonds is 1. The summed E-state index contributed by atoms with van der Waals surface area (Å²) in [6.45, 7) is 8.98. The van der Waals surface area contributed by atoms with Crippen molar-refractivity contribution in [3.05, 3.63) is 108 Å². The summed E-state index contributed by atoms with van der Waals surface area (Å²) < 4.78 is 2.35. The van der Waals surface area contributed by atoms with Gasteiger partial charge in [0.1, 0.15) is 6.07 Å². The van der Waals surface area contributed by atoms with E-state index in [0.717, 1.165) is 32.8 Å². The fourth-order valence-electron chi connectivity index (χ4n) is 5.89. The molecule has 0 bridgehead atoms. The molecule has 0 N–H and O–H groups in total. The zero-order chi connectivity index (χ0) is 26.2. The van der Waals surface area contributed by atoms with Crippen LogP contribution in [0.5, 0.6) is 0 Å². The highest BCUT2D eigenvalue weighted by molar-refractivity contribution is 6.18. The molecular weight excluding hydrogens is 462 g/mol. The van der Waals surface area contributed by atoms with Gasteiger partial charge < -0.3 is 4.40 Å². The lowest BCUT2D eigenvalue weighted by Gasteiger charge is -2.21. The molecular formula is C35H27N3. The minimum absolute atomic E-state index is 0.103. The average molecular weight is 490 g/mol. The van der Waals surface area contributed by atoms with Gasteiger partial charge in [-0.25, -0.2) is 0 Å². The highest BCUT2D eigenvalue weighted by Crippen LogP contribution is 2.39. The Balaban J connectivity index is 1.64. The number of aromatic nitrogens is 2. The first-order valence-electron chi connectivity index (χ1n) is 13.0. The SMILES string of the molecule is Cc1cc(C(C)(C)C)ccc1-c1cccc2c1cc1c3cc(C#N)cnc3c3cc4ccccc4cc3n21. The molecule has 38 heavy (non-hydrogen) atoms. The maximum Gasteiger partial charge on any atom is 0.101 e. The molecule has 0 spiro atoms. The van der Waals surface area contributed by atoms with Crippen LogP contribution in [0.2, 0.25) is 0 Å². The van der Waals surface area contributed by atoms with Crippen molar-refractivity contribution >= 4 is 49.0 Å². The van der Waals surface area contributed by atoms with E-state index in [2.05, 4.69) is 117 Å². The van der Waals surface area contributed by atoms with Crippen molar-refractivity contribution in [2.75, 3.05) is 0 Å². The molecule has 3 aromatic heterocycles. The summed E-state index contributed by atoms with van der Waals surface area (Å²) in [6, 6.07) is 32.9. The summed E-state index contributed by atoms with van der Waals surface area (Å²) in [6.07, 6.45) is 1.68. The van der Waals surface area contributed by atoms with Crippen molar-refractivity contribution in [3.8, 4) is 17.2 Å². The van der Waals surface area contributed by atoms with Gasteiger partial charge in [-0.05, 0) is 75.7 Å². The van der Waals surface area contributed by atoms with E-state index in [-0.39, 0.29) is 5.41 Å². The van der Waals surface area contributed by atoms with Gasteiger partial charge in [0.2, 0.25) is 0 Å². The number of pyridine rings is 2. The Labute approximate surface area is 221 Å². The fraction of sp³-hybridized carbons (Fsp3) is 0.143. The molecule has 7 aromatic rings. The highest BCUT2D eigenvalue weighted by atomic mass is 14.9. The molecule has 0 amide bonds. The predicted molar refractivity (Wildman–Crippen MR) is 159 cm³/mol. The van der Waals surface area contributed by atoms with Crippen LogP contribution in [0, 0.1) is 18.3 Å². The van der Waals surface area contributed by atoms with Gasteiger partial charge in [-0.1, -0.05) is 75.4 Å². The van der Waals surface area contributed by atoms with Crippen molar-refractivity contribution in [2.24, 2.45) is 0 Å². The summed E-state index contributed by atoms with van der Waals surface area (Å²) in [4.78, 5) is 4.80. The molecule has 0 radical (unpaired) electrons. The van der Waals surface area contributed by atoms with Gasteiger partial charge in [-0.3, -0.25) is 4.98 Å². The maximum atomic E-state index is 9.67. The van der Waals surface area contributed by atoms with Crippen LogP contribution in [0.1, 0.15) is 37.5 Å². The Hall–Kier alpha value is -4.68. The standard InChI is InChI=1S/C35H27N3/c1-21-14-25(35(2,3)4)12-13-26(21)27-10-7-11-31-28(27)18-33-29-15-22(19-36)20-37-34(29)30-16-23-8-5-6-9-24(23)17-32(30)38(31)33/h5-18,20H,1-4H3. The van der Waals surface area contributed by atoms with Crippen LogP contribution >= 0.6 is 0 Å². The molecule has 0 aliphatic heterocycles. The molecule has 0 atom stereocenters. The fourth-order valence-corrected chi connectivity index (χ4v) is 5.89. The molecule has 0 saturated heterocycles. The molecule has 7 rings (SSSR count). The number of benzene rings is 4. The molecule has 4 aromatic carbocycles. The lowest BCUT2D eigenvalue weighted by atomic mass is 9.84. The molecule has 0 fully saturated rings. The second-order valence-corrected chi connectivity index (χ2v) is 11.3. The monoisotopic (exact) mass is 489 g/mol.